The molecule has 1 aromatic carbocycles. The molecule has 0 saturated carbocycles. The Morgan fingerprint density at radius 2 is 1.84 bits per heavy atom. The van der Waals surface area contributed by atoms with Gasteiger partial charge in [0.15, 0.2) is 0 Å². The molecular weight excluding hydrogens is 258 g/mol. The second kappa shape index (κ2) is 4.84. The maximum atomic E-state index is 13.4. The Bertz CT molecular complexity index is 628. The molecule has 0 amide bonds. The number of pyridine rings is 1. The summed E-state index contributed by atoms with van der Waals surface area (Å²) in [5.74, 6) is -1.95. The zero-order valence-corrected chi connectivity index (χ0v) is 9.43. The van der Waals surface area contributed by atoms with Crippen molar-refractivity contribution in [2.45, 2.75) is 0 Å². The fourth-order valence-corrected chi connectivity index (χ4v) is 1.44. The van der Waals surface area contributed by atoms with Crippen molar-refractivity contribution in [3.63, 3.8) is 0 Å². The summed E-state index contributed by atoms with van der Waals surface area (Å²) in [5, 5.41) is 12.9. The van der Waals surface area contributed by atoms with Crippen LogP contribution in [0.3, 0.4) is 0 Å². The van der Waals surface area contributed by atoms with Gasteiger partial charge in [-0.2, -0.15) is 0 Å². The number of aromatic nitrogens is 1. The van der Waals surface area contributed by atoms with Crippen molar-refractivity contribution in [2.75, 3.05) is 11.1 Å². The van der Waals surface area contributed by atoms with Gasteiger partial charge in [-0.25, -0.2) is 13.8 Å². The molecule has 1 aromatic heterocycles. The second-order valence-electron chi connectivity index (χ2n) is 3.58. The Morgan fingerprint density at radius 1 is 1.21 bits per heavy atom. The third kappa shape index (κ3) is 2.57. The van der Waals surface area contributed by atoms with Gasteiger partial charge in [-0.1, -0.05) is 6.07 Å². The zero-order valence-electron chi connectivity index (χ0n) is 9.43. The standard InChI is InChI=1S/C11H8F2N4O2/c12-6-2-1-3-7(13)10(6)15-9-5-4-8(17(18)19)11(14)16-9/h1-5H,(H3,14,15,16). The van der Waals surface area contributed by atoms with Crippen molar-refractivity contribution >= 4 is 23.0 Å². The van der Waals surface area contributed by atoms with Gasteiger partial charge in [0.05, 0.1) is 4.92 Å². The van der Waals surface area contributed by atoms with Crippen LogP contribution < -0.4 is 11.1 Å². The molecule has 0 bridgehead atoms. The number of rotatable bonds is 3. The molecule has 0 aliphatic carbocycles. The smallest absolute Gasteiger partial charge is 0.311 e. The van der Waals surface area contributed by atoms with Crippen LogP contribution in [0.1, 0.15) is 0 Å². The van der Waals surface area contributed by atoms with Gasteiger partial charge in [0, 0.05) is 6.07 Å². The molecule has 2 rings (SSSR count). The number of anilines is 3. The van der Waals surface area contributed by atoms with E-state index in [1.165, 1.54) is 12.1 Å². The quantitative estimate of drug-likeness (QED) is 0.657. The van der Waals surface area contributed by atoms with Crippen molar-refractivity contribution < 1.29 is 13.7 Å². The largest absolute Gasteiger partial charge is 0.378 e. The minimum Gasteiger partial charge on any atom is -0.378 e. The highest BCUT2D eigenvalue weighted by Gasteiger charge is 2.14. The van der Waals surface area contributed by atoms with Crippen LogP contribution in [0.25, 0.3) is 0 Å². The van der Waals surface area contributed by atoms with Gasteiger partial charge in [0.2, 0.25) is 5.82 Å². The summed E-state index contributed by atoms with van der Waals surface area (Å²) in [6.07, 6.45) is 0. The number of hydrogen-bond donors (Lipinski definition) is 2. The van der Waals surface area contributed by atoms with Gasteiger partial charge >= 0.3 is 5.69 Å². The lowest BCUT2D eigenvalue weighted by Gasteiger charge is -2.08. The molecule has 0 unspecified atom stereocenters. The molecular formula is C11H8F2N4O2. The topological polar surface area (TPSA) is 94.1 Å². The molecule has 0 fully saturated rings. The first-order chi connectivity index (χ1) is 8.99. The Balaban J connectivity index is 2.34. The van der Waals surface area contributed by atoms with Gasteiger partial charge < -0.3 is 11.1 Å². The third-order valence-corrected chi connectivity index (χ3v) is 2.31. The molecule has 0 spiro atoms. The summed E-state index contributed by atoms with van der Waals surface area (Å²) in [7, 11) is 0. The van der Waals surface area contributed by atoms with E-state index in [0.29, 0.717) is 0 Å². The maximum absolute atomic E-state index is 13.4. The lowest BCUT2D eigenvalue weighted by molar-refractivity contribution is -0.384. The van der Waals surface area contributed by atoms with E-state index < -0.39 is 22.2 Å². The predicted molar refractivity (Wildman–Crippen MR) is 64.9 cm³/mol. The molecule has 0 atom stereocenters. The Labute approximate surface area is 106 Å². The van der Waals surface area contributed by atoms with E-state index in [1.54, 1.807) is 0 Å². The van der Waals surface area contributed by atoms with Gasteiger partial charge in [-0.05, 0) is 18.2 Å². The minimum atomic E-state index is -0.807. The van der Waals surface area contributed by atoms with Crippen LogP contribution in [0.15, 0.2) is 30.3 Å². The van der Waals surface area contributed by atoms with Gasteiger partial charge in [0.1, 0.15) is 23.1 Å². The van der Waals surface area contributed by atoms with E-state index in [0.717, 1.165) is 18.2 Å². The van der Waals surface area contributed by atoms with E-state index in [-0.39, 0.29) is 17.3 Å². The lowest BCUT2D eigenvalue weighted by Crippen LogP contribution is -2.03. The number of halogens is 2. The Kier molecular flexibility index (Phi) is 3.23. The number of nitrogens with zero attached hydrogens (tertiary/aromatic N) is 2. The molecule has 0 aliphatic rings. The molecule has 6 nitrogen and oxygen atoms in total. The molecule has 2 aromatic rings. The van der Waals surface area contributed by atoms with E-state index in [1.807, 2.05) is 0 Å². The molecule has 0 radical (unpaired) electrons. The minimum absolute atomic E-state index is 0.00657. The monoisotopic (exact) mass is 266 g/mol. The lowest BCUT2D eigenvalue weighted by atomic mass is 10.3. The average molecular weight is 266 g/mol. The van der Waals surface area contributed by atoms with Crippen molar-refractivity contribution in [2.24, 2.45) is 0 Å². The fraction of sp³-hybridized carbons (Fsp3) is 0. The van der Waals surface area contributed by atoms with Crippen LogP contribution in [0.2, 0.25) is 0 Å². The van der Waals surface area contributed by atoms with Gasteiger partial charge in [-0.15, -0.1) is 0 Å². The predicted octanol–water partition coefficient (Wildman–Crippen LogP) is 2.59. The summed E-state index contributed by atoms with van der Waals surface area (Å²) in [6.45, 7) is 0. The summed E-state index contributed by atoms with van der Waals surface area (Å²) in [5.41, 5.74) is 4.60. The number of hydrogen-bond acceptors (Lipinski definition) is 5. The van der Waals surface area contributed by atoms with Crippen LogP contribution in [0, 0.1) is 21.7 Å². The van der Waals surface area contributed by atoms with Crippen molar-refractivity contribution in [3.05, 3.63) is 52.1 Å². The average Bonchev–Trinajstić information content (AvgIpc) is 2.33. The second-order valence-corrected chi connectivity index (χ2v) is 3.58. The molecule has 98 valence electrons. The molecule has 0 aliphatic heterocycles. The van der Waals surface area contributed by atoms with Crippen LogP contribution >= 0.6 is 0 Å². The highest BCUT2D eigenvalue weighted by Crippen LogP contribution is 2.25. The number of nitrogens with two attached hydrogens (primary N) is 1. The highest BCUT2D eigenvalue weighted by molar-refractivity contribution is 5.63. The molecule has 8 heteroatoms. The number of nitrogens with one attached hydrogen (secondary N) is 1. The normalized spacial score (nSPS) is 10.2. The number of nitro groups is 1. The molecule has 0 saturated heterocycles. The summed E-state index contributed by atoms with van der Waals surface area (Å²) in [4.78, 5) is 13.5. The molecule has 19 heavy (non-hydrogen) atoms. The van der Waals surface area contributed by atoms with E-state index in [9.17, 15) is 18.9 Å². The van der Waals surface area contributed by atoms with E-state index in [2.05, 4.69) is 10.3 Å². The van der Waals surface area contributed by atoms with Crippen LogP contribution in [-0.4, -0.2) is 9.91 Å². The Morgan fingerprint density at radius 3 is 2.37 bits per heavy atom. The number of nitrogen functional groups attached to an aromatic ring is 1. The summed E-state index contributed by atoms with van der Waals surface area (Å²) >= 11 is 0. The van der Waals surface area contributed by atoms with Crippen LogP contribution in [-0.2, 0) is 0 Å². The molecule has 3 N–H and O–H groups in total. The SMILES string of the molecule is Nc1nc(Nc2c(F)cccc2F)ccc1[N+](=O)[O-]. The van der Waals surface area contributed by atoms with Crippen molar-refractivity contribution in [3.8, 4) is 0 Å². The van der Waals surface area contributed by atoms with E-state index in [4.69, 9.17) is 5.73 Å². The number of para-hydroxylation sites is 1. The Hall–Kier alpha value is -2.77. The zero-order chi connectivity index (χ0) is 14.0. The summed E-state index contributed by atoms with van der Waals surface area (Å²) in [6, 6.07) is 5.66. The first kappa shape index (κ1) is 12.7. The summed E-state index contributed by atoms with van der Waals surface area (Å²) < 4.78 is 26.7. The third-order valence-electron chi connectivity index (χ3n) is 2.31. The van der Waals surface area contributed by atoms with Crippen molar-refractivity contribution in [1.82, 2.24) is 4.98 Å². The first-order valence-corrected chi connectivity index (χ1v) is 5.11. The van der Waals surface area contributed by atoms with Crippen molar-refractivity contribution in [1.29, 1.82) is 0 Å². The number of benzene rings is 1. The van der Waals surface area contributed by atoms with Gasteiger partial charge in [-0.3, -0.25) is 10.1 Å². The first-order valence-electron chi connectivity index (χ1n) is 5.11. The fourth-order valence-electron chi connectivity index (χ4n) is 1.44. The van der Waals surface area contributed by atoms with Crippen LogP contribution in [0.4, 0.5) is 31.8 Å². The van der Waals surface area contributed by atoms with Gasteiger partial charge in [0.25, 0.3) is 0 Å². The molecule has 1 heterocycles. The van der Waals surface area contributed by atoms with Crippen LogP contribution in [0.5, 0.6) is 0 Å². The maximum Gasteiger partial charge on any atom is 0.311 e. The highest BCUT2D eigenvalue weighted by atomic mass is 19.1. The van der Waals surface area contributed by atoms with E-state index >= 15 is 0 Å².